The molecular formula is C15H24O4. The average molecular weight is 268 g/mol. The first-order valence-corrected chi connectivity index (χ1v) is 7.10. The van der Waals surface area contributed by atoms with Crippen LogP contribution in [0.15, 0.2) is 11.6 Å². The molecule has 2 aliphatic carbocycles. The number of aliphatic hydroxyl groups excluding tert-OH is 1. The minimum Gasteiger partial charge on any atom is -0.481 e. The van der Waals surface area contributed by atoms with Crippen LogP contribution in [-0.4, -0.2) is 33.0 Å². The minimum absolute atomic E-state index is 0.0493. The quantitative estimate of drug-likeness (QED) is 0.667. The van der Waals surface area contributed by atoms with Gasteiger partial charge in [0.05, 0.1) is 17.6 Å². The molecule has 2 rings (SSSR count). The van der Waals surface area contributed by atoms with Gasteiger partial charge in [-0.2, -0.15) is 0 Å². The summed E-state index contributed by atoms with van der Waals surface area (Å²) >= 11 is 0. The van der Waals surface area contributed by atoms with E-state index in [-0.39, 0.29) is 11.8 Å². The van der Waals surface area contributed by atoms with E-state index in [1.807, 2.05) is 0 Å². The molecule has 0 saturated heterocycles. The SMILES string of the molecule is CC1=C[C@@]2(O)[C@H](C(C)C(=O)O)CC[C@@H](C)[C@@H]2C[C@@H]1O. The Morgan fingerprint density at radius 1 is 1.47 bits per heavy atom. The molecule has 6 atom stereocenters. The van der Waals surface area contributed by atoms with Crippen LogP contribution in [0.4, 0.5) is 0 Å². The topological polar surface area (TPSA) is 77.8 Å². The van der Waals surface area contributed by atoms with E-state index in [1.165, 1.54) is 0 Å². The molecule has 1 fully saturated rings. The first kappa shape index (κ1) is 14.5. The molecule has 4 heteroatoms. The molecule has 19 heavy (non-hydrogen) atoms. The normalized spacial score (nSPS) is 44.2. The molecule has 0 aromatic carbocycles. The maximum Gasteiger partial charge on any atom is 0.306 e. The van der Waals surface area contributed by atoms with Crippen LogP contribution >= 0.6 is 0 Å². The summed E-state index contributed by atoms with van der Waals surface area (Å²) in [6, 6.07) is 0. The molecule has 0 amide bonds. The van der Waals surface area contributed by atoms with Crippen molar-refractivity contribution in [2.45, 2.75) is 51.7 Å². The molecule has 0 heterocycles. The Bertz CT molecular complexity index is 403. The van der Waals surface area contributed by atoms with Crippen molar-refractivity contribution in [3.8, 4) is 0 Å². The number of carbonyl (C=O) groups is 1. The fourth-order valence-electron chi connectivity index (χ4n) is 3.95. The van der Waals surface area contributed by atoms with Crippen molar-refractivity contribution in [3.05, 3.63) is 11.6 Å². The highest BCUT2D eigenvalue weighted by atomic mass is 16.4. The molecule has 4 nitrogen and oxygen atoms in total. The Balaban J connectivity index is 2.40. The Hall–Kier alpha value is -0.870. The van der Waals surface area contributed by atoms with Gasteiger partial charge in [0, 0.05) is 5.92 Å². The summed E-state index contributed by atoms with van der Waals surface area (Å²) in [4.78, 5) is 11.3. The lowest BCUT2D eigenvalue weighted by atomic mass is 9.57. The lowest BCUT2D eigenvalue weighted by Gasteiger charge is -2.52. The molecule has 1 unspecified atom stereocenters. The summed E-state index contributed by atoms with van der Waals surface area (Å²) < 4.78 is 0. The van der Waals surface area contributed by atoms with Crippen molar-refractivity contribution < 1.29 is 20.1 Å². The van der Waals surface area contributed by atoms with Crippen molar-refractivity contribution in [2.75, 3.05) is 0 Å². The first-order valence-electron chi connectivity index (χ1n) is 7.10. The fourth-order valence-corrected chi connectivity index (χ4v) is 3.95. The first-order chi connectivity index (χ1) is 8.77. The van der Waals surface area contributed by atoms with Crippen LogP contribution < -0.4 is 0 Å². The second kappa shape index (κ2) is 4.91. The zero-order valence-electron chi connectivity index (χ0n) is 11.8. The van der Waals surface area contributed by atoms with Crippen LogP contribution in [0, 0.1) is 23.7 Å². The van der Waals surface area contributed by atoms with Crippen molar-refractivity contribution >= 4 is 5.97 Å². The number of carboxylic acids is 1. The standard InChI is InChI=1S/C15H24O4/c1-8-4-5-11(10(3)14(17)18)15(19)7-9(2)13(16)6-12(8)15/h7-8,10-13,16,19H,4-6H2,1-3H3,(H,17,18)/t8-,10?,11+,12+,13+,15-/m1/s1. The van der Waals surface area contributed by atoms with Gasteiger partial charge in [-0.1, -0.05) is 19.9 Å². The van der Waals surface area contributed by atoms with Crippen LogP contribution in [-0.2, 0) is 4.79 Å². The highest BCUT2D eigenvalue weighted by molar-refractivity contribution is 5.70. The molecule has 0 radical (unpaired) electrons. The van der Waals surface area contributed by atoms with Crippen molar-refractivity contribution in [1.82, 2.24) is 0 Å². The number of hydrogen-bond acceptors (Lipinski definition) is 3. The smallest absolute Gasteiger partial charge is 0.306 e. The third kappa shape index (κ3) is 2.32. The fraction of sp³-hybridized carbons (Fsp3) is 0.800. The molecule has 3 N–H and O–H groups in total. The van der Waals surface area contributed by atoms with E-state index in [9.17, 15) is 20.1 Å². The summed E-state index contributed by atoms with van der Waals surface area (Å²) in [5, 5.41) is 30.3. The molecule has 1 saturated carbocycles. The van der Waals surface area contributed by atoms with Crippen LogP contribution in [0.3, 0.4) is 0 Å². The maximum absolute atomic E-state index is 11.3. The monoisotopic (exact) mass is 268 g/mol. The van der Waals surface area contributed by atoms with Crippen molar-refractivity contribution in [3.63, 3.8) is 0 Å². The predicted octanol–water partition coefficient (Wildman–Crippen LogP) is 1.81. The molecular weight excluding hydrogens is 244 g/mol. The summed E-state index contributed by atoms with van der Waals surface area (Å²) in [7, 11) is 0. The minimum atomic E-state index is -1.08. The van der Waals surface area contributed by atoms with Crippen LogP contribution in [0.1, 0.15) is 40.0 Å². The molecule has 0 spiro atoms. The van der Waals surface area contributed by atoms with Crippen LogP contribution in [0.5, 0.6) is 0 Å². The lowest BCUT2D eigenvalue weighted by molar-refractivity contribution is -0.155. The third-order valence-corrected chi connectivity index (χ3v) is 5.26. The molecule has 0 aromatic rings. The average Bonchev–Trinajstić information content (AvgIpc) is 2.32. The van der Waals surface area contributed by atoms with Gasteiger partial charge in [0.1, 0.15) is 0 Å². The molecule has 0 aliphatic heterocycles. The van der Waals surface area contributed by atoms with Crippen molar-refractivity contribution in [1.29, 1.82) is 0 Å². The second-order valence-corrected chi connectivity index (χ2v) is 6.42. The van der Waals surface area contributed by atoms with E-state index in [1.54, 1.807) is 19.9 Å². The van der Waals surface area contributed by atoms with Gasteiger partial charge in [0.25, 0.3) is 0 Å². The highest BCUT2D eigenvalue weighted by Crippen LogP contribution is 2.50. The Morgan fingerprint density at radius 2 is 2.11 bits per heavy atom. The van der Waals surface area contributed by atoms with Gasteiger partial charge >= 0.3 is 5.97 Å². The summed E-state index contributed by atoms with van der Waals surface area (Å²) in [5.41, 5.74) is -0.325. The van der Waals surface area contributed by atoms with E-state index >= 15 is 0 Å². The van der Waals surface area contributed by atoms with Crippen LogP contribution in [0.2, 0.25) is 0 Å². The van der Waals surface area contributed by atoms with Gasteiger partial charge in [0.2, 0.25) is 0 Å². The lowest BCUT2D eigenvalue weighted by Crippen LogP contribution is -2.55. The highest BCUT2D eigenvalue weighted by Gasteiger charge is 2.53. The van der Waals surface area contributed by atoms with Crippen LogP contribution in [0.25, 0.3) is 0 Å². The second-order valence-electron chi connectivity index (χ2n) is 6.42. The van der Waals surface area contributed by atoms with Gasteiger partial charge in [-0.3, -0.25) is 4.79 Å². The van der Waals surface area contributed by atoms with Crippen molar-refractivity contribution in [2.24, 2.45) is 23.7 Å². The van der Waals surface area contributed by atoms with Gasteiger partial charge in [-0.25, -0.2) is 0 Å². The van der Waals surface area contributed by atoms with Gasteiger partial charge < -0.3 is 15.3 Å². The van der Waals surface area contributed by atoms with Gasteiger partial charge in [0.15, 0.2) is 0 Å². The number of fused-ring (bicyclic) bond motifs is 1. The molecule has 108 valence electrons. The maximum atomic E-state index is 11.3. The van der Waals surface area contributed by atoms with E-state index in [0.717, 1.165) is 18.4 Å². The molecule has 2 aliphatic rings. The van der Waals surface area contributed by atoms with Gasteiger partial charge in [-0.15, -0.1) is 0 Å². The number of aliphatic hydroxyl groups is 2. The Labute approximate surface area is 114 Å². The van der Waals surface area contributed by atoms with E-state index in [0.29, 0.717) is 12.3 Å². The predicted molar refractivity (Wildman–Crippen MR) is 71.5 cm³/mol. The van der Waals surface area contributed by atoms with E-state index in [2.05, 4.69) is 6.92 Å². The van der Waals surface area contributed by atoms with Gasteiger partial charge in [-0.05, 0) is 43.6 Å². The number of carboxylic acid groups (broad SMARTS) is 1. The Kier molecular flexibility index (Phi) is 3.76. The molecule has 0 bridgehead atoms. The van der Waals surface area contributed by atoms with E-state index in [4.69, 9.17) is 0 Å². The number of rotatable bonds is 2. The third-order valence-electron chi connectivity index (χ3n) is 5.26. The number of aliphatic carboxylic acids is 1. The Morgan fingerprint density at radius 3 is 2.68 bits per heavy atom. The zero-order valence-corrected chi connectivity index (χ0v) is 11.8. The molecule has 0 aromatic heterocycles. The summed E-state index contributed by atoms with van der Waals surface area (Å²) in [6.45, 7) is 5.56. The summed E-state index contributed by atoms with van der Waals surface area (Å²) in [6.07, 6.45) is 3.39. The largest absolute Gasteiger partial charge is 0.481 e. The summed E-state index contributed by atoms with van der Waals surface area (Å²) in [5.74, 6) is -1.44. The van der Waals surface area contributed by atoms with E-state index < -0.39 is 23.6 Å². The number of hydrogen-bond donors (Lipinski definition) is 3. The zero-order chi connectivity index (χ0) is 14.4.